The summed E-state index contributed by atoms with van der Waals surface area (Å²) in [6.45, 7) is 5.24. The van der Waals surface area contributed by atoms with Gasteiger partial charge in [-0.05, 0) is 62.7 Å². The third kappa shape index (κ3) is 4.57. The number of nitrogens with two attached hydrogens (primary N) is 1. The van der Waals surface area contributed by atoms with Gasteiger partial charge in [0.1, 0.15) is 33.6 Å². The van der Waals surface area contributed by atoms with E-state index in [0.717, 1.165) is 5.56 Å². The molecule has 2 N–H and O–H groups in total. The maximum Gasteiger partial charge on any atom is 0.259 e. The SMILES string of the molecule is Cc1cc([C@@H](C)Oc2ccc(Cl)nc2S(N)(=O)=O)c2oc(-c3ccc4nn(C)cc4n3)c(C)c(=O)c2c1. The molecule has 0 fully saturated rings. The van der Waals surface area contributed by atoms with Crippen molar-refractivity contribution in [1.82, 2.24) is 19.7 Å². The van der Waals surface area contributed by atoms with Crippen LogP contribution < -0.4 is 15.3 Å². The zero-order chi connectivity index (χ0) is 26.6. The minimum Gasteiger partial charge on any atom is -0.483 e. The van der Waals surface area contributed by atoms with Gasteiger partial charge in [-0.2, -0.15) is 5.10 Å². The van der Waals surface area contributed by atoms with Crippen molar-refractivity contribution < 1.29 is 17.6 Å². The molecule has 12 heteroatoms. The topological polar surface area (TPSA) is 143 Å². The van der Waals surface area contributed by atoms with Gasteiger partial charge < -0.3 is 9.15 Å². The van der Waals surface area contributed by atoms with Crippen LogP contribution in [0.25, 0.3) is 33.5 Å². The molecule has 0 aliphatic heterocycles. The van der Waals surface area contributed by atoms with Crippen LogP contribution in [0.15, 0.2) is 56.8 Å². The summed E-state index contributed by atoms with van der Waals surface area (Å²) in [5.74, 6) is 0.242. The Kier molecular flexibility index (Phi) is 6.01. The van der Waals surface area contributed by atoms with E-state index in [0.29, 0.717) is 44.6 Å². The van der Waals surface area contributed by atoms with Crippen LogP contribution in [-0.2, 0) is 17.1 Å². The lowest BCUT2D eigenvalue weighted by atomic mass is 10.0. The minimum atomic E-state index is -4.21. The molecule has 0 aliphatic carbocycles. The highest BCUT2D eigenvalue weighted by Crippen LogP contribution is 2.34. The Bertz CT molecular complexity index is 1880. The van der Waals surface area contributed by atoms with Crippen molar-refractivity contribution in [3.8, 4) is 17.2 Å². The number of fused-ring (bicyclic) bond motifs is 2. The van der Waals surface area contributed by atoms with E-state index in [1.807, 2.05) is 19.1 Å². The fraction of sp³-hybridized carbons (Fsp3) is 0.200. The normalized spacial score (nSPS) is 12.8. The Labute approximate surface area is 216 Å². The fourth-order valence-corrected chi connectivity index (χ4v) is 5.04. The largest absolute Gasteiger partial charge is 0.483 e. The number of rotatable bonds is 5. The standard InChI is InChI=1S/C25H22ClN5O5S/c1-12-9-15(14(3)35-20-7-8-21(26)29-25(20)37(27,33)34)24-16(10-12)22(32)13(2)23(36-24)18-6-5-17-19(28-18)11-31(4)30-17/h5-11,14H,1-4H3,(H2,27,33,34)/t14-/m1/s1. The molecule has 0 saturated heterocycles. The van der Waals surface area contributed by atoms with Crippen molar-refractivity contribution in [1.29, 1.82) is 0 Å². The van der Waals surface area contributed by atoms with E-state index in [4.69, 9.17) is 25.9 Å². The summed E-state index contributed by atoms with van der Waals surface area (Å²) >= 11 is 5.87. The molecule has 0 saturated carbocycles. The van der Waals surface area contributed by atoms with Crippen LogP contribution >= 0.6 is 11.6 Å². The van der Waals surface area contributed by atoms with Crippen LogP contribution in [0.4, 0.5) is 0 Å². The molecule has 5 aromatic rings. The minimum absolute atomic E-state index is 0.0470. The molecule has 0 bridgehead atoms. The Balaban J connectivity index is 1.68. The lowest BCUT2D eigenvalue weighted by Crippen LogP contribution is -2.17. The Morgan fingerprint density at radius 2 is 1.86 bits per heavy atom. The predicted molar refractivity (Wildman–Crippen MR) is 139 cm³/mol. The average molecular weight is 540 g/mol. The lowest BCUT2D eigenvalue weighted by Gasteiger charge is -2.19. The highest BCUT2D eigenvalue weighted by molar-refractivity contribution is 7.89. The molecule has 0 amide bonds. The second-order valence-corrected chi connectivity index (χ2v) is 10.6. The van der Waals surface area contributed by atoms with Gasteiger partial charge in [0.25, 0.3) is 10.0 Å². The smallest absolute Gasteiger partial charge is 0.259 e. The molecule has 0 spiro atoms. The summed E-state index contributed by atoms with van der Waals surface area (Å²) in [5, 5.41) is 9.48. The number of aromatic nitrogens is 4. The second-order valence-electron chi connectivity index (χ2n) is 8.76. The van der Waals surface area contributed by atoms with E-state index in [1.54, 1.807) is 43.9 Å². The first kappa shape index (κ1) is 24.9. The molecule has 1 aromatic carbocycles. The first-order valence-electron chi connectivity index (χ1n) is 11.2. The van der Waals surface area contributed by atoms with Gasteiger partial charge in [0.15, 0.2) is 16.9 Å². The number of nitrogens with zero attached hydrogens (tertiary/aromatic N) is 4. The van der Waals surface area contributed by atoms with Gasteiger partial charge in [-0.1, -0.05) is 11.6 Å². The number of aryl methyl sites for hydroxylation is 2. The van der Waals surface area contributed by atoms with Gasteiger partial charge in [-0.25, -0.2) is 23.5 Å². The maximum atomic E-state index is 13.4. The third-order valence-electron chi connectivity index (χ3n) is 5.90. The number of primary sulfonamides is 1. The van der Waals surface area contributed by atoms with Crippen LogP contribution in [0.5, 0.6) is 5.75 Å². The summed E-state index contributed by atoms with van der Waals surface area (Å²) in [6.07, 6.45) is 1.03. The summed E-state index contributed by atoms with van der Waals surface area (Å²) < 4.78 is 38.1. The molecular formula is C25H22ClN5O5S. The molecule has 1 atom stereocenters. The molecule has 4 aromatic heterocycles. The van der Waals surface area contributed by atoms with Crippen LogP contribution in [0.3, 0.4) is 0 Å². The van der Waals surface area contributed by atoms with Gasteiger partial charge in [-0.3, -0.25) is 9.48 Å². The number of sulfonamides is 1. The van der Waals surface area contributed by atoms with Gasteiger partial charge in [-0.15, -0.1) is 0 Å². The summed E-state index contributed by atoms with van der Waals surface area (Å²) in [6, 6.07) is 9.89. The van der Waals surface area contributed by atoms with Crippen molar-refractivity contribution in [3.05, 3.63) is 74.7 Å². The number of halogens is 1. The quantitative estimate of drug-likeness (QED) is 0.327. The average Bonchev–Trinajstić information content (AvgIpc) is 3.20. The molecular weight excluding hydrogens is 518 g/mol. The van der Waals surface area contributed by atoms with Gasteiger partial charge in [0, 0.05) is 18.2 Å². The van der Waals surface area contributed by atoms with Crippen molar-refractivity contribution in [2.24, 2.45) is 12.2 Å². The zero-order valence-electron chi connectivity index (χ0n) is 20.3. The van der Waals surface area contributed by atoms with Crippen LogP contribution in [-0.4, -0.2) is 28.2 Å². The van der Waals surface area contributed by atoms with E-state index in [1.165, 1.54) is 12.1 Å². The molecule has 0 unspecified atom stereocenters. The van der Waals surface area contributed by atoms with Crippen molar-refractivity contribution in [2.45, 2.75) is 31.9 Å². The lowest BCUT2D eigenvalue weighted by molar-refractivity contribution is 0.219. The first-order chi connectivity index (χ1) is 17.4. The number of pyridine rings is 2. The Morgan fingerprint density at radius 3 is 2.59 bits per heavy atom. The van der Waals surface area contributed by atoms with Gasteiger partial charge in [0.2, 0.25) is 5.03 Å². The summed E-state index contributed by atoms with van der Waals surface area (Å²) in [7, 11) is -2.41. The van der Waals surface area contributed by atoms with Crippen molar-refractivity contribution in [2.75, 3.05) is 0 Å². The number of ether oxygens (including phenoxy) is 1. The molecule has 37 heavy (non-hydrogen) atoms. The Morgan fingerprint density at radius 1 is 1.11 bits per heavy atom. The molecule has 5 rings (SSSR count). The van der Waals surface area contributed by atoms with E-state index in [-0.39, 0.29) is 16.3 Å². The number of hydrogen-bond acceptors (Lipinski definition) is 8. The van der Waals surface area contributed by atoms with E-state index in [9.17, 15) is 13.2 Å². The highest BCUT2D eigenvalue weighted by atomic mass is 35.5. The second kappa shape index (κ2) is 8.94. The van der Waals surface area contributed by atoms with E-state index >= 15 is 0 Å². The first-order valence-corrected chi connectivity index (χ1v) is 13.1. The monoisotopic (exact) mass is 539 g/mol. The van der Waals surface area contributed by atoms with E-state index in [2.05, 4.69) is 15.1 Å². The van der Waals surface area contributed by atoms with Crippen LogP contribution in [0.1, 0.15) is 29.7 Å². The van der Waals surface area contributed by atoms with Gasteiger partial charge in [0.05, 0.1) is 11.6 Å². The number of hydrogen-bond donors (Lipinski definition) is 1. The van der Waals surface area contributed by atoms with Crippen LogP contribution in [0, 0.1) is 13.8 Å². The maximum absolute atomic E-state index is 13.4. The summed E-state index contributed by atoms with van der Waals surface area (Å²) in [5.41, 5.74) is 3.69. The molecule has 10 nitrogen and oxygen atoms in total. The number of benzene rings is 1. The zero-order valence-corrected chi connectivity index (χ0v) is 21.9. The van der Waals surface area contributed by atoms with E-state index < -0.39 is 21.2 Å². The van der Waals surface area contributed by atoms with Crippen molar-refractivity contribution >= 4 is 43.6 Å². The highest BCUT2D eigenvalue weighted by Gasteiger charge is 2.24. The Hall–Kier alpha value is -3.80. The van der Waals surface area contributed by atoms with Crippen LogP contribution in [0.2, 0.25) is 5.15 Å². The third-order valence-corrected chi connectivity index (χ3v) is 6.95. The molecule has 4 heterocycles. The predicted octanol–water partition coefficient (Wildman–Crippen LogP) is 4.19. The molecule has 0 radical (unpaired) electrons. The fourth-order valence-electron chi connectivity index (χ4n) is 4.22. The van der Waals surface area contributed by atoms with Gasteiger partial charge >= 0.3 is 0 Å². The molecule has 0 aliphatic rings. The van der Waals surface area contributed by atoms with Crippen molar-refractivity contribution in [3.63, 3.8) is 0 Å². The summed E-state index contributed by atoms with van der Waals surface area (Å²) in [4.78, 5) is 21.9. The molecule has 190 valence electrons.